The van der Waals surface area contributed by atoms with Gasteiger partial charge in [-0.3, -0.25) is 14.8 Å². The molecule has 0 atom stereocenters. The van der Waals surface area contributed by atoms with E-state index < -0.39 is 0 Å². The van der Waals surface area contributed by atoms with Crippen molar-refractivity contribution >= 4 is 43.6 Å². The molecule has 0 amide bonds. The summed E-state index contributed by atoms with van der Waals surface area (Å²) in [5.74, 6) is 0.103. The van der Waals surface area contributed by atoms with Crippen LogP contribution in [0.2, 0.25) is 0 Å². The van der Waals surface area contributed by atoms with E-state index in [9.17, 15) is 9.59 Å². The Morgan fingerprint density at radius 1 is 0.882 bits per heavy atom. The van der Waals surface area contributed by atoms with Gasteiger partial charge in [0.05, 0.1) is 7.11 Å². The second kappa shape index (κ2) is 15.7. The molecule has 0 fully saturated rings. The summed E-state index contributed by atoms with van der Waals surface area (Å²) in [6.07, 6.45) is 20.2. The molecule has 182 valence electrons. The molecule has 0 saturated heterocycles. The van der Waals surface area contributed by atoms with Crippen LogP contribution in [0.1, 0.15) is 62.5 Å². The van der Waals surface area contributed by atoms with E-state index in [0.29, 0.717) is 6.42 Å². The Morgan fingerprint density at radius 3 is 1.94 bits per heavy atom. The lowest BCUT2D eigenvalue weighted by atomic mass is 9.93. The van der Waals surface area contributed by atoms with Gasteiger partial charge in [0, 0.05) is 45.7 Å². The van der Waals surface area contributed by atoms with Gasteiger partial charge in [0.25, 0.3) is 0 Å². The van der Waals surface area contributed by atoms with E-state index in [2.05, 4.69) is 52.6 Å². The zero-order chi connectivity index (χ0) is 24.8. The molecular weight excluding hydrogens is 560 g/mol. The minimum atomic E-state index is -0.153. The number of rotatable bonds is 4. The van der Waals surface area contributed by atoms with Gasteiger partial charge >= 0.3 is 5.97 Å². The van der Waals surface area contributed by atoms with Gasteiger partial charge in [-0.05, 0) is 119 Å². The lowest BCUT2D eigenvalue weighted by molar-refractivity contribution is -0.136. The summed E-state index contributed by atoms with van der Waals surface area (Å²) >= 11 is 6.75. The van der Waals surface area contributed by atoms with Crippen LogP contribution in [0.5, 0.6) is 0 Å². The fourth-order valence-corrected chi connectivity index (χ4v) is 4.17. The average molecular weight is 592 g/mol. The molecule has 0 bridgehead atoms. The molecule has 0 N–H and O–H groups in total. The van der Waals surface area contributed by atoms with Crippen molar-refractivity contribution in [3.63, 3.8) is 0 Å². The standard InChI is InChI=1S/C13H14BrNO.C8H12O2.C6H6BrN/c14-12-9-15-7-6-11(12)8-13(16)10-4-2-1-3-5-10;1-10-8(9)7-5-3-2-4-6-7;1-5-2-3-8-4-6(5)7/h4,6-7,9H,1-3,5,8H2;5H,2-4,6H2,1H3;2-4H,1H3. The molecule has 2 aromatic rings. The Hall–Kier alpha value is -2.12. The lowest BCUT2D eigenvalue weighted by Crippen LogP contribution is -2.09. The van der Waals surface area contributed by atoms with Crippen LogP contribution in [0.25, 0.3) is 0 Å². The topological polar surface area (TPSA) is 69.2 Å². The van der Waals surface area contributed by atoms with Crippen LogP contribution < -0.4 is 0 Å². The molecule has 0 saturated carbocycles. The summed E-state index contributed by atoms with van der Waals surface area (Å²) in [5, 5.41) is 0. The van der Waals surface area contributed by atoms with Crippen molar-refractivity contribution in [2.75, 3.05) is 7.11 Å². The number of nitrogens with zero attached hydrogens (tertiary/aromatic N) is 2. The van der Waals surface area contributed by atoms with Crippen molar-refractivity contribution < 1.29 is 14.3 Å². The highest BCUT2D eigenvalue weighted by Crippen LogP contribution is 2.22. The number of ether oxygens (including phenoxy) is 1. The Bertz CT molecular complexity index is 997. The maximum absolute atomic E-state index is 12.0. The number of Topliss-reactive ketones (excluding diaryl/α,β-unsaturated/α-hetero) is 1. The number of methoxy groups -OCH3 is 1. The predicted octanol–water partition coefficient (Wildman–Crippen LogP) is 7.27. The first kappa shape index (κ1) is 28.1. The molecule has 7 heteroatoms. The van der Waals surface area contributed by atoms with Gasteiger partial charge in [0.1, 0.15) is 0 Å². The molecule has 0 aromatic carbocycles. The van der Waals surface area contributed by atoms with E-state index in [1.165, 1.54) is 25.5 Å². The van der Waals surface area contributed by atoms with Crippen molar-refractivity contribution in [2.45, 2.75) is 64.7 Å². The molecule has 5 nitrogen and oxygen atoms in total. The summed E-state index contributed by atoms with van der Waals surface area (Å²) in [7, 11) is 1.43. The van der Waals surface area contributed by atoms with Crippen LogP contribution in [0.3, 0.4) is 0 Å². The van der Waals surface area contributed by atoms with Gasteiger partial charge in [-0.2, -0.15) is 0 Å². The molecule has 0 spiro atoms. The molecule has 0 unspecified atom stereocenters. The number of ketones is 1. The fraction of sp³-hybridized carbons (Fsp3) is 0.407. The zero-order valence-corrected chi connectivity index (χ0v) is 23.0. The fourth-order valence-electron chi connectivity index (χ4n) is 3.52. The third-order valence-electron chi connectivity index (χ3n) is 5.57. The maximum Gasteiger partial charge on any atom is 0.333 e. The number of aromatic nitrogens is 2. The Labute approximate surface area is 219 Å². The highest BCUT2D eigenvalue weighted by Gasteiger charge is 2.14. The second-order valence-electron chi connectivity index (χ2n) is 8.13. The van der Waals surface area contributed by atoms with Gasteiger partial charge in [0.15, 0.2) is 5.78 Å². The zero-order valence-electron chi connectivity index (χ0n) is 19.9. The normalized spacial score (nSPS) is 14.8. The van der Waals surface area contributed by atoms with Crippen molar-refractivity contribution in [1.29, 1.82) is 0 Å². The molecule has 0 radical (unpaired) electrons. The molecule has 2 aliphatic rings. The van der Waals surface area contributed by atoms with E-state index in [-0.39, 0.29) is 11.8 Å². The van der Waals surface area contributed by atoms with Gasteiger partial charge in [-0.15, -0.1) is 0 Å². The van der Waals surface area contributed by atoms with Crippen LogP contribution in [0.4, 0.5) is 0 Å². The highest BCUT2D eigenvalue weighted by atomic mass is 79.9. The Kier molecular flexibility index (Phi) is 13.0. The SMILES string of the molecule is COC(=O)C1=CCCCC1.Cc1ccncc1Br.O=C(Cc1ccncc1Br)C1=CCCCC1. The highest BCUT2D eigenvalue weighted by molar-refractivity contribution is 9.10. The average Bonchev–Trinajstić information content (AvgIpc) is 2.88. The number of hydrogen-bond acceptors (Lipinski definition) is 5. The molecule has 0 aliphatic heterocycles. The number of halogens is 2. The maximum atomic E-state index is 12.0. The molecule has 34 heavy (non-hydrogen) atoms. The van der Waals surface area contributed by atoms with Crippen LogP contribution in [-0.4, -0.2) is 28.8 Å². The van der Waals surface area contributed by atoms with Gasteiger partial charge in [-0.1, -0.05) is 12.2 Å². The van der Waals surface area contributed by atoms with E-state index in [4.69, 9.17) is 0 Å². The Morgan fingerprint density at radius 2 is 1.47 bits per heavy atom. The van der Waals surface area contributed by atoms with Crippen LogP contribution in [-0.2, 0) is 20.7 Å². The first-order valence-corrected chi connectivity index (χ1v) is 13.1. The summed E-state index contributed by atoms with van der Waals surface area (Å²) in [5.41, 5.74) is 4.11. The van der Waals surface area contributed by atoms with Crippen LogP contribution >= 0.6 is 31.9 Å². The number of pyridine rings is 2. The van der Waals surface area contributed by atoms with E-state index >= 15 is 0 Å². The lowest BCUT2D eigenvalue weighted by Gasteiger charge is -2.11. The van der Waals surface area contributed by atoms with E-state index in [1.54, 1.807) is 24.8 Å². The molecule has 2 heterocycles. The van der Waals surface area contributed by atoms with E-state index in [0.717, 1.165) is 64.2 Å². The van der Waals surface area contributed by atoms with Gasteiger partial charge in [-0.25, -0.2) is 4.79 Å². The first-order valence-electron chi connectivity index (χ1n) is 11.6. The first-order chi connectivity index (χ1) is 16.4. The molecule has 4 rings (SSSR count). The predicted molar refractivity (Wildman–Crippen MR) is 142 cm³/mol. The number of hydrogen-bond donors (Lipinski definition) is 0. The third-order valence-corrected chi connectivity index (χ3v) is 7.11. The van der Waals surface area contributed by atoms with Crippen molar-refractivity contribution in [3.8, 4) is 0 Å². The molecule has 2 aliphatic carbocycles. The smallest absolute Gasteiger partial charge is 0.333 e. The van der Waals surface area contributed by atoms with Crippen LogP contribution in [0.15, 0.2) is 69.2 Å². The minimum absolute atomic E-state index is 0.153. The summed E-state index contributed by atoms with van der Waals surface area (Å²) in [4.78, 5) is 30.8. The number of esters is 1. The summed E-state index contributed by atoms with van der Waals surface area (Å²) in [6.45, 7) is 2.03. The molecular formula is C27H32Br2N2O3. The molecule has 2 aromatic heterocycles. The second-order valence-corrected chi connectivity index (χ2v) is 9.84. The largest absolute Gasteiger partial charge is 0.466 e. The van der Waals surface area contributed by atoms with Gasteiger partial charge < -0.3 is 4.74 Å². The van der Waals surface area contributed by atoms with Crippen LogP contribution in [0, 0.1) is 6.92 Å². The Balaban J connectivity index is 0.000000195. The number of aryl methyl sites for hydroxylation is 1. The third kappa shape index (κ3) is 10.0. The number of carbonyl (C=O) groups is 2. The summed E-state index contributed by atoms with van der Waals surface area (Å²) in [6, 6.07) is 3.86. The van der Waals surface area contributed by atoms with Gasteiger partial charge in [0.2, 0.25) is 0 Å². The van der Waals surface area contributed by atoms with Crippen molar-refractivity contribution in [3.05, 3.63) is 80.3 Å². The number of carbonyl (C=O) groups excluding carboxylic acids is 2. The monoisotopic (exact) mass is 590 g/mol. The van der Waals surface area contributed by atoms with Crippen molar-refractivity contribution in [2.24, 2.45) is 0 Å². The minimum Gasteiger partial charge on any atom is -0.466 e. The number of allylic oxidation sites excluding steroid dienone is 3. The van der Waals surface area contributed by atoms with Crippen molar-refractivity contribution in [1.82, 2.24) is 9.97 Å². The van der Waals surface area contributed by atoms with E-state index in [1.807, 2.05) is 25.1 Å². The quantitative estimate of drug-likeness (QED) is 0.350. The summed E-state index contributed by atoms with van der Waals surface area (Å²) < 4.78 is 6.57.